The predicted molar refractivity (Wildman–Crippen MR) is 101 cm³/mol. The highest BCUT2D eigenvalue weighted by molar-refractivity contribution is 5.80. The smallest absolute Gasteiger partial charge is 0.407 e. The van der Waals surface area contributed by atoms with Gasteiger partial charge in [-0.25, -0.2) is 9.59 Å². The van der Waals surface area contributed by atoms with Gasteiger partial charge in [0.15, 0.2) is 0 Å². The molecule has 1 aromatic carbocycles. The maximum Gasteiger partial charge on any atom is 0.407 e. The Balaban J connectivity index is 2.63. The first-order chi connectivity index (χ1) is 13.2. The molecule has 0 aliphatic rings. The number of ether oxygens (including phenoxy) is 2. The maximum atomic E-state index is 11.8. The Kier molecular flexibility index (Phi) is 9.40. The topological polar surface area (TPSA) is 134 Å². The molecule has 0 spiro atoms. The number of methoxy groups -OCH3 is 1. The van der Waals surface area contributed by atoms with E-state index in [0.717, 1.165) is 5.56 Å². The number of aliphatic carboxylic acids is 2. The van der Waals surface area contributed by atoms with Crippen LogP contribution >= 0.6 is 0 Å². The Morgan fingerprint density at radius 2 is 1.79 bits per heavy atom. The first kappa shape index (κ1) is 23.4. The molecule has 4 N–H and O–H groups in total. The number of carbonyl (C=O) groups excluding carboxylic acids is 1. The summed E-state index contributed by atoms with van der Waals surface area (Å²) in [5.41, 5.74) is -1.14. The molecule has 1 amide bonds. The van der Waals surface area contributed by atoms with Crippen molar-refractivity contribution in [2.24, 2.45) is 5.92 Å². The largest absolute Gasteiger partial charge is 0.480 e. The molecule has 156 valence electrons. The molecule has 9 heteroatoms. The molecule has 0 bridgehead atoms. The number of carboxylic acids is 2. The number of carbonyl (C=O) groups is 3. The van der Waals surface area contributed by atoms with Gasteiger partial charge in [-0.3, -0.25) is 10.1 Å². The van der Waals surface area contributed by atoms with Crippen LogP contribution < -0.4 is 10.6 Å². The van der Waals surface area contributed by atoms with Crippen LogP contribution in [0, 0.1) is 5.92 Å². The fourth-order valence-electron chi connectivity index (χ4n) is 2.58. The van der Waals surface area contributed by atoms with Crippen molar-refractivity contribution in [2.75, 3.05) is 13.7 Å². The summed E-state index contributed by atoms with van der Waals surface area (Å²) in [5, 5.41) is 23.9. The van der Waals surface area contributed by atoms with Crippen LogP contribution in [-0.2, 0) is 25.7 Å². The second-order valence-corrected chi connectivity index (χ2v) is 6.74. The molecule has 28 heavy (non-hydrogen) atoms. The lowest BCUT2D eigenvalue weighted by atomic mass is 10.0. The second kappa shape index (κ2) is 11.3. The summed E-state index contributed by atoms with van der Waals surface area (Å²) in [4.78, 5) is 35.0. The van der Waals surface area contributed by atoms with Crippen molar-refractivity contribution in [1.82, 2.24) is 10.6 Å². The Bertz CT molecular complexity index is 651. The first-order valence-electron chi connectivity index (χ1n) is 8.93. The van der Waals surface area contributed by atoms with Gasteiger partial charge in [-0.05, 0) is 17.9 Å². The van der Waals surface area contributed by atoms with Crippen molar-refractivity contribution >= 4 is 18.0 Å². The number of nitrogens with one attached hydrogen (secondary N) is 2. The van der Waals surface area contributed by atoms with E-state index >= 15 is 0 Å². The number of alkyl carbamates (subject to hydrolysis) is 1. The average Bonchev–Trinajstić information content (AvgIpc) is 2.65. The zero-order valence-electron chi connectivity index (χ0n) is 16.3. The minimum absolute atomic E-state index is 0.0306. The van der Waals surface area contributed by atoms with Gasteiger partial charge >= 0.3 is 18.0 Å². The highest BCUT2D eigenvalue weighted by Crippen LogP contribution is 2.16. The van der Waals surface area contributed by atoms with E-state index in [-0.39, 0.29) is 31.9 Å². The normalized spacial score (nSPS) is 14.1. The summed E-state index contributed by atoms with van der Waals surface area (Å²) < 4.78 is 10.2. The molecule has 2 atom stereocenters. The van der Waals surface area contributed by atoms with E-state index in [0.29, 0.717) is 0 Å². The molecule has 0 heterocycles. The molecule has 0 aliphatic carbocycles. The van der Waals surface area contributed by atoms with E-state index in [1.807, 2.05) is 32.0 Å². The molecule has 0 radical (unpaired) electrons. The minimum atomic E-state index is -1.95. The number of hydrogen-bond donors (Lipinski definition) is 4. The third-order valence-corrected chi connectivity index (χ3v) is 4.07. The van der Waals surface area contributed by atoms with Crippen molar-refractivity contribution in [3.63, 3.8) is 0 Å². The van der Waals surface area contributed by atoms with Gasteiger partial charge in [0.25, 0.3) is 0 Å². The minimum Gasteiger partial charge on any atom is -0.480 e. The van der Waals surface area contributed by atoms with Crippen LogP contribution in [0.1, 0.15) is 32.3 Å². The predicted octanol–water partition coefficient (Wildman–Crippen LogP) is 1.82. The van der Waals surface area contributed by atoms with Gasteiger partial charge in [0.05, 0.1) is 0 Å². The summed E-state index contributed by atoms with van der Waals surface area (Å²) in [6, 6.07) is 7.98. The van der Waals surface area contributed by atoms with Crippen molar-refractivity contribution in [3.8, 4) is 0 Å². The molecular weight excluding hydrogens is 368 g/mol. The monoisotopic (exact) mass is 396 g/mol. The van der Waals surface area contributed by atoms with Crippen LogP contribution in [0.25, 0.3) is 0 Å². The van der Waals surface area contributed by atoms with Crippen molar-refractivity contribution in [2.45, 2.75) is 45.1 Å². The highest BCUT2D eigenvalue weighted by atomic mass is 16.5. The van der Waals surface area contributed by atoms with Crippen molar-refractivity contribution in [1.29, 1.82) is 0 Å². The number of amides is 1. The third-order valence-electron chi connectivity index (χ3n) is 4.07. The molecule has 0 saturated heterocycles. The van der Waals surface area contributed by atoms with Crippen LogP contribution in [0.4, 0.5) is 4.79 Å². The third kappa shape index (κ3) is 7.53. The van der Waals surface area contributed by atoms with Gasteiger partial charge in [-0.15, -0.1) is 0 Å². The van der Waals surface area contributed by atoms with E-state index in [9.17, 15) is 24.6 Å². The van der Waals surface area contributed by atoms with E-state index in [1.54, 1.807) is 12.1 Å². The van der Waals surface area contributed by atoms with Gasteiger partial charge in [0.2, 0.25) is 5.72 Å². The van der Waals surface area contributed by atoms with Crippen LogP contribution in [0.2, 0.25) is 0 Å². The van der Waals surface area contributed by atoms with E-state index in [1.165, 1.54) is 7.11 Å². The molecule has 0 aromatic heterocycles. The summed E-state index contributed by atoms with van der Waals surface area (Å²) in [6.07, 6.45) is -0.683. The first-order valence-corrected chi connectivity index (χ1v) is 8.93. The van der Waals surface area contributed by atoms with Crippen molar-refractivity contribution in [3.05, 3.63) is 35.9 Å². The number of benzene rings is 1. The number of carboxylic acid groups (broad SMARTS) is 2. The van der Waals surface area contributed by atoms with Crippen LogP contribution in [0.5, 0.6) is 0 Å². The molecule has 1 aromatic rings. The summed E-state index contributed by atoms with van der Waals surface area (Å²) >= 11 is 0. The zero-order chi connectivity index (χ0) is 21.2. The Labute approximate surface area is 164 Å². The van der Waals surface area contributed by atoms with Gasteiger partial charge in [-0.1, -0.05) is 44.2 Å². The Hall–Kier alpha value is -2.65. The number of hydrogen-bond acceptors (Lipinski definition) is 6. The molecule has 0 fully saturated rings. The standard InChI is InChI=1S/C19H28N2O7/c1-13(2)11-15(16(22)23)21-19(27-3,17(24)25)9-10-20-18(26)28-12-14-7-5-4-6-8-14/h4-8,13,15,21H,9-12H2,1-3H3,(H,20,26)(H,22,23)(H,24,25)/t15-,19+/m0/s1. The van der Waals surface area contributed by atoms with Gasteiger partial charge < -0.3 is 25.0 Å². The van der Waals surface area contributed by atoms with E-state index in [4.69, 9.17) is 9.47 Å². The van der Waals surface area contributed by atoms with Gasteiger partial charge in [0, 0.05) is 20.1 Å². The Morgan fingerprint density at radius 3 is 2.29 bits per heavy atom. The molecule has 1 rings (SSSR count). The molecular formula is C19H28N2O7. The number of rotatable bonds is 12. The van der Waals surface area contributed by atoms with E-state index in [2.05, 4.69) is 10.6 Å². The zero-order valence-corrected chi connectivity index (χ0v) is 16.3. The maximum absolute atomic E-state index is 11.8. The van der Waals surface area contributed by atoms with Gasteiger partial charge in [0.1, 0.15) is 12.6 Å². The summed E-state index contributed by atoms with van der Waals surface area (Å²) in [7, 11) is 1.17. The molecule has 9 nitrogen and oxygen atoms in total. The fraction of sp³-hybridized carbons (Fsp3) is 0.526. The quantitative estimate of drug-likeness (QED) is 0.393. The highest BCUT2D eigenvalue weighted by Gasteiger charge is 2.42. The molecule has 0 unspecified atom stereocenters. The lowest BCUT2D eigenvalue weighted by Gasteiger charge is -2.32. The second-order valence-electron chi connectivity index (χ2n) is 6.74. The van der Waals surface area contributed by atoms with Crippen LogP contribution in [0.15, 0.2) is 30.3 Å². The fourth-order valence-corrected chi connectivity index (χ4v) is 2.58. The average molecular weight is 396 g/mol. The van der Waals surface area contributed by atoms with E-state index < -0.39 is 29.8 Å². The molecule has 0 aliphatic heterocycles. The molecule has 0 saturated carbocycles. The van der Waals surface area contributed by atoms with Crippen LogP contribution in [-0.4, -0.2) is 53.7 Å². The lowest BCUT2D eigenvalue weighted by Crippen LogP contribution is -2.60. The summed E-state index contributed by atoms with van der Waals surface area (Å²) in [6.45, 7) is 3.65. The van der Waals surface area contributed by atoms with Crippen LogP contribution in [0.3, 0.4) is 0 Å². The lowest BCUT2D eigenvalue weighted by molar-refractivity contribution is -0.171. The Morgan fingerprint density at radius 1 is 1.14 bits per heavy atom. The van der Waals surface area contributed by atoms with Crippen molar-refractivity contribution < 1.29 is 34.1 Å². The summed E-state index contributed by atoms with van der Waals surface area (Å²) in [5.74, 6) is -2.51. The SMILES string of the molecule is CO[C@@](CCNC(=O)OCc1ccccc1)(N[C@@H](CC(C)C)C(=O)O)C(=O)O. The van der Waals surface area contributed by atoms with Gasteiger partial charge in [-0.2, -0.15) is 0 Å².